The molecule has 8 nitrogen and oxygen atoms in total. The lowest BCUT2D eigenvalue weighted by atomic mass is 9.98. The molecule has 0 radical (unpaired) electrons. The summed E-state index contributed by atoms with van der Waals surface area (Å²) in [5, 5.41) is 4.03. The molecule has 2 heterocycles. The second kappa shape index (κ2) is 10.6. The second-order valence-corrected chi connectivity index (χ2v) is 16.4. The number of benzene rings is 1. The molecule has 3 rings (SSSR count). The van der Waals surface area contributed by atoms with Gasteiger partial charge in [0.2, 0.25) is 5.95 Å². The van der Waals surface area contributed by atoms with Gasteiger partial charge in [0.15, 0.2) is 8.32 Å². The fourth-order valence-electron chi connectivity index (χ4n) is 3.02. The highest BCUT2D eigenvalue weighted by Crippen LogP contribution is 2.37. The van der Waals surface area contributed by atoms with Crippen molar-refractivity contribution >= 4 is 25.9 Å². The lowest BCUT2D eigenvalue weighted by Gasteiger charge is -2.36. The normalized spacial score (nSPS) is 14.4. The van der Waals surface area contributed by atoms with Gasteiger partial charge in [0, 0.05) is 29.1 Å². The number of hydrogen-bond acceptors (Lipinski definition) is 8. The molecule has 0 spiro atoms. The summed E-state index contributed by atoms with van der Waals surface area (Å²) in [5.41, 5.74) is 1.77. The van der Waals surface area contributed by atoms with Gasteiger partial charge in [-0.25, -0.2) is 14.4 Å². The van der Waals surface area contributed by atoms with Gasteiger partial charge in [0.25, 0.3) is 6.79 Å². The highest BCUT2D eigenvalue weighted by Gasteiger charge is 2.37. The topological polar surface area (TPSA) is 86.1 Å². The number of oxime groups is 1. The average molecular weight is 517 g/mol. The van der Waals surface area contributed by atoms with Crippen molar-refractivity contribution in [3.05, 3.63) is 42.0 Å². The number of nitrogens with zero attached hydrogens (tertiary/aromatic N) is 4. The van der Waals surface area contributed by atoms with E-state index in [1.807, 2.05) is 11.0 Å². The van der Waals surface area contributed by atoms with E-state index in [1.54, 1.807) is 45.3 Å². The lowest BCUT2D eigenvalue weighted by molar-refractivity contribution is -0.165. The summed E-state index contributed by atoms with van der Waals surface area (Å²) in [6.45, 7) is 17.1. The van der Waals surface area contributed by atoms with Gasteiger partial charge in [-0.2, -0.15) is 0 Å². The molecule has 10 heteroatoms. The average Bonchev–Trinajstić information content (AvgIpc) is 2.76. The summed E-state index contributed by atoms with van der Waals surface area (Å²) in [5.74, 6) is -0.138. The van der Waals surface area contributed by atoms with Gasteiger partial charge in [0.05, 0.1) is 30.8 Å². The van der Waals surface area contributed by atoms with Crippen molar-refractivity contribution in [2.45, 2.75) is 66.3 Å². The minimum Gasteiger partial charge on any atom is -0.425 e. The number of halogens is 1. The third-order valence-corrected chi connectivity index (χ3v) is 11.0. The molecule has 1 aliphatic rings. The monoisotopic (exact) mass is 516 g/mol. The first-order valence-corrected chi connectivity index (χ1v) is 14.9. The third kappa shape index (κ3) is 6.67. The van der Waals surface area contributed by atoms with Crippen LogP contribution in [0.3, 0.4) is 0 Å². The zero-order valence-corrected chi connectivity index (χ0v) is 23.5. The highest BCUT2D eigenvalue weighted by atomic mass is 28.4. The Morgan fingerprint density at radius 2 is 1.75 bits per heavy atom. The van der Waals surface area contributed by atoms with Gasteiger partial charge < -0.3 is 18.9 Å². The summed E-state index contributed by atoms with van der Waals surface area (Å²) in [6, 6.07) is 5.31. The standard InChI is InChI=1S/C26H37FN4O4Si/c1-25(2,3)23(32)33-17-34-30-20-14-31(15-20)24-28-12-19(13-29-24)21-11-9-10-18(22(21)27)16-35-36(7,8)26(4,5)6/h9-13H,14-17H2,1-8H3. The first kappa shape index (κ1) is 27.7. The van der Waals surface area contributed by atoms with Crippen molar-refractivity contribution in [2.24, 2.45) is 10.6 Å². The van der Waals surface area contributed by atoms with Crippen LogP contribution in [0.25, 0.3) is 11.1 Å². The maximum atomic E-state index is 15.3. The van der Waals surface area contributed by atoms with E-state index in [4.69, 9.17) is 14.0 Å². The van der Waals surface area contributed by atoms with Gasteiger partial charge in [0.1, 0.15) is 5.82 Å². The minimum absolute atomic E-state index is 0.0530. The summed E-state index contributed by atoms with van der Waals surface area (Å²) in [7, 11) is -1.99. The maximum absolute atomic E-state index is 15.3. The molecule has 0 atom stereocenters. The molecule has 0 aliphatic carbocycles. The molecule has 196 valence electrons. The van der Waals surface area contributed by atoms with Gasteiger partial charge in [-0.1, -0.05) is 44.1 Å². The molecule has 1 aromatic heterocycles. The van der Waals surface area contributed by atoms with Crippen LogP contribution >= 0.6 is 0 Å². The number of hydrogen-bond donors (Lipinski definition) is 0. The van der Waals surface area contributed by atoms with E-state index in [1.165, 1.54) is 0 Å². The molecule has 0 unspecified atom stereocenters. The van der Waals surface area contributed by atoms with E-state index in [0.29, 0.717) is 35.7 Å². The highest BCUT2D eigenvalue weighted by molar-refractivity contribution is 6.74. The smallest absolute Gasteiger partial charge is 0.314 e. The Balaban J connectivity index is 1.56. The Morgan fingerprint density at radius 3 is 2.33 bits per heavy atom. The number of ether oxygens (including phenoxy) is 1. The van der Waals surface area contributed by atoms with Crippen LogP contribution in [0.4, 0.5) is 10.3 Å². The van der Waals surface area contributed by atoms with E-state index in [0.717, 1.165) is 5.71 Å². The molecule has 1 aromatic carbocycles. The Bertz CT molecular complexity index is 1100. The second-order valence-electron chi connectivity index (χ2n) is 11.5. The van der Waals surface area contributed by atoms with Crippen LogP contribution < -0.4 is 4.90 Å². The fraction of sp³-hybridized carbons (Fsp3) is 0.538. The van der Waals surface area contributed by atoms with E-state index >= 15 is 4.39 Å². The largest absolute Gasteiger partial charge is 0.425 e. The molecule has 0 saturated carbocycles. The third-order valence-electron chi connectivity index (χ3n) is 6.50. The van der Waals surface area contributed by atoms with Crippen LogP contribution in [0.15, 0.2) is 35.7 Å². The molecule has 1 aliphatic heterocycles. The van der Waals surface area contributed by atoms with Gasteiger partial charge >= 0.3 is 5.97 Å². The number of carbonyl (C=O) groups excluding carboxylic acids is 1. The molecule has 0 amide bonds. The van der Waals surface area contributed by atoms with Crippen molar-refractivity contribution in [3.8, 4) is 11.1 Å². The fourth-order valence-corrected chi connectivity index (χ4v) is 3.97. The number of carbonyl (C=O) groups is 1. The first-order chi connectivity index (χ1) is 16.7. The Kier molecular flexibility index (Phi) is 8.19. The van der Waals surface area contributed by atoms with Crippen molar-refractivity contribution in [1.29, 1.82) is 0 Å². The van der Waals surface area contributed by atoms with E-state index in [-0.39, 0.29) is 30.2 Å². The Morgan fingerprint density at radius 1 is 1.11 bits per heavy atom. The van der Waals surface area contributed by atoms with Crippen LogP contribution in [-0.4, -0.2) is 49.8 Å². The Labute approximate surface area is 214 Å². The van der Waals surface area contributed by atoms with Crippen LogP contribution in [0.5, 0.6) is 0 Å². The molecule has 2 aromatic rings. The summed E-state index contributed by atoms with van der Waals surface area (Å²) < 4.78 is 26.5. The zero-order valence-electron chi connectivity index (χ0n) is 22.5. The van der Waals surface area contributed by atoms with Gasteiger partial charge in [-0.05, 0) is 38.9 Å². The molecule has 0 N–H and O–H groups in total. The zero-order chi connectivity index (χ0) is 26.7. The Hall–Kier alpha value is -2.85. The first-order valence-electron chi connectivity index (χ1n) is 12.0. The van der Waals surface area contributed by atoms with E-state index in [2.05, 4.69) is 49.0 Å². The van der Waals surface area contributed by atoms with Gasteiger partial charge in [-0.3, -0.25) is 4.79 Å². The molecule has 1 fully saturated rings. The molecule has 1 saturated heterocycles. The molecular formula is C26H37FN4O4Si. The van der Waals surface area contributed by atoms with Crippen molar-refractivity contribution in [1.82, 2.24) is 9.97 Å². The molecule has 0 bridgehead atoms. The quantitative estimate of drug-likeness (QED) is 0.150. The van der Waals surface area contributed by atoms with Crippen LogP contribution in [0.2, 0.25) is 18.1 Å². The number of esters is 1. The minimum atomic E-state index is -1.99. The number of aromatic nitrogens is 2. The van der Waals surface area contributed by atoms with Crippen LogP contribution in [0, 0.1) is 11.2 Å². The predicted molar refractivity (Wildman–Crippen MR) is 141 cm³/mol. The number of rotatable bonds is 8. The lowest BCUT2D eigenvalue weighted by Crippen LogP contribution is -2.48. The van der Waals surface area contributed by atoms with Crippen molar-refractivity contribution in [3.63, 3.8) is 0 Å². The molecular weight excluding hydrogens is 479 g/mol. The maximum Gasteiger partial charge on any atom is 0.314 e. The van der Waals surface area contributed by atoms with Crippen molar-refractivity contribution < 1.29 is 23.2 Å². The SMILES string of the molecule is CC(C)(C)C(=O)OCON=C1CN(c2ncc(-c3cccc(CO[Si](C)(C)C(C)(C)C)c3F)cn2)C1. The van der Waals surface area contributed by atoms with E-state index < -0.39 is 13.7 Å². The summed E-state index contributed by atoms with van der Waals surface area (Å²) >= 11 is 0. The van der Waals surface area contributed by atoms with Crippen LogP contribution in [-0.2, 0) is 25.4 Å². The summed E-state index contributed by atoms with van der Waals surface area (Å²) in [4.78, 5) is 27.5. The predicted octanol–water partition coefficient (Wildman–Crippen LogP) is 5.54. The van der Waals surface area contributed by atoms with Gasteiger partial charge in [-0.15, -0.1) is 0 Å². The number of anilines is 1. The molecule has 36 heavy (non-hydrogen) atoms. The van der Waals surface area contributed by atoms with Crippen LogP contribution in [0.1, 0.15) is 47.1 Å². The van der Waals surface area contributed by atoms with Crippen molar-refractivity contribution in [2.75, 3.05) is 24.8 Å². The van der Waals surface area contributed by atoms with E-state index in [9.17, 15) is 4.79 Å². The summed E-state index contributed by atoms with van der Waals surface area (Å²) in [6.07, 6.45) is 3.24.